The molecule has 0 spiro atoms. The van der Waals surface area contributed by atoms with Gasteiger partial charge in [-0.05, 0) is 61.4 Å². The minimum Gasteiger partial charge on any atom is -0.496 e. The van der Waals surface area contributed by atoms with Gasteiger partial charge in [-0.2, -0.15) is 0 Å². The van der Waals surface area contributed by atoms with Gasteiger partial charge >= 0.3 is 5.97 Å². The minimum absolute atomic E-state index is 0.0160. The maximum Gasteiger partial charge on any atom is 0.337 e. The third kappa shape index (κ3) is 5.31. The Morgan fingerprint density at radius 2 is 1.90 bits per heavy atom. The molecule has 11 heteroatoms. The lowest BCUT2D eigenvalue weighted by molar-refractivity contribution is -0.129. The van der Waals surface area contributed by atoms with Gasteiger partial charge in [0.15, 0.2) is 5.16 Å². The quantitative estimate of drug-likeness (QED) is 0.166. The Labute approximate surface area is 239 Å². The SMILES string of the molecule is CCOc1ccc(-n2c(SCc3cc(C(=O)OC)ccc3OC)nc3sc4c(c3c2=O)CCN(C(C)=O)C4)cc1. The summed E-state index contributed by atoms with van der Waals surface area (Å²) in [5.74, 6) is 1.30. The molecule has 208 valence electrons. The second-order valence-electron chi connectivity index (χ2n) is 9.14. The van der Waals surface area contributed by atoms with Crippen LogP contribution in [-0.2, 0) is 28.2 Å². The molecule has 4 aromatic rings. The summed E-state index contributed by atoms with van der Waals surface area (Å²) >= 11 is 2.84. The van der Waals surface area contributed by atoms with Crippen molar-refractivity contribution in [3.63, 3.8) is 0 Å². The predicted molar refractivity (Wildman–Crippen MR) is 155 cm³/mol. The van der Waals surface area contributed by atoms with E-state index >= 15 is 0 Å². The van der Waals surface area contributed by atoms with Crippen LogP contribution in [0.4, 0.5) is 0 Å². The Bertz CT molecular complexity index is 1640. The molecule has 0 bridgehead atoms. The molecule has 1 aliphatic heterocycles. The molecule has 0 fully saturated rings. The summed E-state index contributed by atoms with van der Waals surface area (Å²) in [4.78, 5) is 46.7. The number of esters is 1. The number of aromatic nitrogens is 2. The molecule has 9 nitrogen and oxygen atoms in total. The van der Waals surface area contributed by atoms with E-state index in [9.17, 15) is 14.4 Å². The molecule has 0 radical (unpaired) electrons. The van der Waals surface area contributed by atoms with Crippen molar-refractivity contribution in [1.29, 1.82) is 0 Å². The van der Waals surface area contributed by atoms with E-state index in [4.69, 9.17) is 19.2 Å². The Kier molecular flexibility index (Phi) is 8.13. The van der Waals surface area contributed by atoms with Crippen LogP contribution in [0, 0.1) is 0 Å². The Morgan fingerprint density at radius 3 is 2.58 bits per heavy atom. The first-order valence-corrected chi connectivity index (χ1v) is 14.6. The van der Waals surface area contributed by atoms with E-state index in [2.05, 4.69) is 0 Å². The summed E-state index contributed by atoms with van der Waals surface area (Å²) in [6.07, 6.45) is 0.610. The first-order valence-electron chi connectivity index (χ1n) is 12.8. The van der Waals surface area contributed by atoms with Gasteiger partial charge in [0.05, 0.1) is 44.0 Å². The van der Waals surface area contributed by atoms with E-state index in [-0.39, 0.29) is 11.5 Å². The highest BCUT2D eigenvalue weighted by Crippen LogP contribution is 2.36. The number of fused-ring (bicyclic) bond motifs is 3. The number of carbonyl (C=O) groups is 2. The summed E-state index contributed by atoms with van der Waals surface area (Å²) in [5.41, 5.74) is 2.67. The first-order chi connectivity index (χ1) is 19.3. The molecule has 5 rings (SSSR count). The third-order valence-electron chi connectivity index (χ3n) is 6.75. The number of amides is 1. The van der Waals surface area contributed by atoms with Gasteiger partial charge in [0.1, 0.15) is 16.3 Å². The van der Waals surface area contributed by atoms with Crippen LogP contribution in [0.5, 0.6) is 11.5 Å². The van der Waals surface area contributed by atoms with E-state index in [1.165, 1.54) is 30.2 Å². The summed E-state index contributed by atoms with van der Waals surface area (Å²) in [6, 6.07) is 12.5. The second-order valence-corrected chi connectivity index (χ2v) is 11.2. The van der Waals surface area contributed by atoms with Crippen molar-refractivity contribution in [3.8, 4) is 17.2 Å². The van der Waals surface area contributed by atoms with Crippen LogP contribution in [0.15, 0.2) is 52.4 Å². The Balaban J connectivity index is 1.61. The van der Waals surface area contributed by atoms with Crippen LogP contribution in [0.25, 0.3) is 15.9 Å². The molecule has 0 atom stereocenters. The van der Waals surface area contributed by atoms with E-state index < -0.39 is 5.97 Å². The molecular weight excluding hydrogens is 550 g/mol. The number of nitrogens with zero attached hydrogens (tertiary/aromatic N) is 3. The Hall–Kier alpha value is -3.83. The standard InChI is InChI=1S/C29H29N3O6S2/c1-5-38-21-9-7-20(8-10-21)32-27(34)25-22-12-13-31(17(2)33)15-24(22)40-26(25)30-29(32)39-16-19-14-18(28(35)37-4)6-11-23(19)36-3/h6-11,14H,5,12-13,15-16H2,1-4H3. The number of ether oxygens (including phenoxy) is 3. The number of thiophene rings is 1. The maximum absolute atomic E-state index is 14.1. The van der Waals surface area contributed by atoms with Crippen LogP contribution < -0.4 is 15.0 Å². The fourth-order valence-electron chi connectivity index (χ4n) is 4.75. The largest absolute Gasteiger partial charge is 0.496 e. The lowest BCUT2D eigenvalue weighted by Crippen LogP contribution is -2.34. The lowest BCUT2D eigenvalue weighted by Gasteiger charge is -2.25. The van der Waals surface area contributed by atoms with Crippen molar-refractivity contribution in [1.82, 2.24) is 14.5 Å². The summed E-state index contributed by atoms with van der Waals surface area (Å²) in [7, 11) is 2.91. The predicted octanol–water partition coefficient (Wildman–Crippen LogP) is 4.84. The molecule has 3 heterocycles. The molecule has 1 amide bonds. The first kappa shape index (κ1) is 27.7. The van der Waals surface area contributed by atoms with E-state index in [1.807, 2.05) is 31.2 Å². The van der Waals surface area contributed by atoms with Gasteiger partial charge in [-0.1, -0.05) is 11.8 Å². The van der Waals surface area contributed by atoms with E-state index in [0.29, 0.717) is 70.0 Å². The normalized spacial score (nSPS) is 12.8. The van der Waals surface area contributed by atoms with Crippen molar-refractivity contribution in [2.24, 2.45) is 0 Å². The van der Waals surface area contributed by atoms with Gasteiger partial charge in [-0.15, -0.1) is 11.3 Å². The average molecular weight is 580 g/mol. The number of rotatable bonds is 8. The zero-order chi connectivity index (χ0) is 28.4. The fraction of sp³-hybridized carbons (Fsp3) is 0.310. The zero-order valence-electron chi connectivity index (χ0n) is 22.7. The van der Waals surface area contributed by atoms with Crippen LogP contribution in [0.3, 0.4) is 0 Å². The van der Waals surface area contributed by atoms with E-state index in [0.717, 1.165) is 16.0 Å². The molecule has 0 saturated heterocycles. The van der Waals surface area contributed by atoms with Gasteiger partial charge in [0, 0.05) is 29.7 Å². The van der Waals surface area contributed by atoms with Crippen LogP contribution in [0.1, 0.15) is 40.2 Å². The number of methoxy groups -OCH3 is 2. The van der Waals surface area contributed by atoms with Crippen LogP contribution >= 0.6 is 23.1 Å². The van der Waals surface area contributed by atoms with Crippen molar-refractivity contribution in [2.75, 3.05) is 27.4 Å². The minimum atomic E-state index is -0.441. The molecule has 0 saturated carbocycles. The zero-order valence-corrected chi connectivity index (χ0v) is 24.3. The highest BCUT2D eigenvalue weighted by Gasteiger charge is 2.27. The molecule has 2 aromatic carbocycles. The summed E-state index contributed by atoms with van der Waals surface area (Å²) < 4.78 is 17.6. The average Bonchev–Trinajstić information content (AvgIpc) is 3.34. The third-order valence-corrected chi connectivity index (χ3v) is 8.85. The molecule has 0 aliphatic carbocycles. The molecule has 40 heavy (non-hydrogen) atoms. The highest BCUT2D eigenvalue weighted by atomic mass is 32.2. The molecule has 0 unspecified atom stereocenters. The summed E-state index contributed by atoms with van der Waals surface area (Å²) in [6.45, 7) is 5.07. The number of hydrogen-bond acceptors (Lipinski definition) is 9. The molecule has 0 N–H and O–H groups in total. The highest BCUT2D eigenvalue weighted by molar-refractivity contribution is 7.98. The molecular formula is C29H29N3O6S2. The van der Waals surface area contributed by atoms with Gasteiger partial charge in [0.25, 0.3) is 5.56 Å². The molecule has 1 aliphatic rings. The van der Waals surface area contributed by atoms with Crippen molar-refractivity contribution < 1.29 is 23.8 Å². The van der Waals surface area contributed by atoms with Gasteiger partial charge in [-0.3, -0.25) is 14.2 Å². The van der Waals surface area contributed by atoms with Crippen LogP contribution in [0.2, 0.25) is 0 Å². The maximum atomic E-state index is 14.1. The Morgan fingerprint density at radius 1 is 1.12 bits per heavy atom. The monoisotopic (exact) mass is 579 g/mol. The number of hydrogen-bond donors (Lipinski definition) is 0. The lowest BCUT2D eigenvalue weighted by atomic mass is 10.1. The second kappa shape index (κ2) is 11.7. The van der Waals surface area contributed by atoms with Gasteiger partial charge in [-0.25, -0.2) is 9.78 Å². The topological polar surface area (TPSA) is 100.0 Å². The van der Waals surface area contributed by atoms with Crippen molar-refractivity contribution in [2.45, 2.75) is 37.7 Å². The number of carbonyl (C=O) groups excluding carboxylic acids is 2. The van der Waals surface area contributed by atoms with Gasteiger partial charge < -0.3 is 19.1 Å². The molecule has 2 aromatic heterocycles. The smallest absolute Gasteiger partial charge is 0.337 e. The fourth-order valence-corrected chi connectivity index (χ4v) is 7.02. The van der Waals surface area contributed by atoms with E-state index in [1.54, 1.807) is 41.7 Å². The van der Waals surface area contributed by atoms with Crippen LogP contribution in [-0.4, -0.2) is 53.7 Å². The number of benzene rings is 2. The van der Waals surface area contributed by atoms with Gasteiger partial charge in [0.2, 0.25) is 5.91 Å². The summed E-state index contributed by atoms with van der Waals surface area (Å²) in [5, 5.41) is 1.11. The van der Waals surface area contributed by atoms with Crippen molar-refractivity contribution >= 4 is 45.2 Å². The number of thioether (sulfide) groups is 1. The van der Waals surface area contributed by atoms with Crippen molar-refractivity contribution in [3.05, 3.63) is 74.4 Å².